The van der Waals surface area contributed by atoms with Gasteiger partial charge in [0.15, 0.2) is 11.9 Å². The number of rotatable bonds is 4. The first-order valence-electron chi connectivity index (χ1n) is 11.5. The number of guanidine groups is 1. The molecule has 3 heterocycles. The van der Waals surface area contributed by atoms with Crippen molar-refractivity contribution < 1.29 is 4.74 Å². The molecule has 34 heavy (non-hydrogen) atoms. The smallest absolute Gasteiger partial charge is 0.287 e. The van der Waals surface area contributed by atoms with E-state index in [9.17, 15) is 0 Å². The molecule has 3 aromatic carbocycles. The Bertz CT molecular complexity index is 1320. The Labute approximate surface area is 198 Å². The van der Waals surface area contributed by atoms with E-state index in [1.807, 2.05) is 24.4 Å². The first-order chi connectivity index (χ1) is 16.8. The molecule has 3 aliphatic heterocycles. The number of hydrogen-bond acceptors (Lipinski definition) is 6. The van der Waals surface area contributed by atoms with Crippen LogP contribution < -0.4 is 14.8 Å². The molecular formula is C27H25N6O+. The third-order valence-corrected chi connectivity index (χ3v) is 6.22. The largest absolute Gasteiger partial charge is 0.378 e. The van der Waals surface area contributed by atoms with Crippen LogP contribution in [0.2, 0.25) is 0 Å². The highest BCUT2D eigenvalue weighted by molar-refractivity contribution is 6.38. The summed E-state index contributed by atoms with van der Waals surface area (Å²) in [5, 5.41) is 8.49. The van der Waals surface area contributed by atoms with E-state index in [1.54, 1.807) is 12.4 Å². The molecule has 0 aliphatic carbocycles. The standard InChI is InChI=1S/C27H25N6O/c1-2-7-21(8-3-1)24-11-4-5-12-25(24)33-16-13-28-20-26(33)30-27(31-33)29-22-9-6-10-23(19-22)32-14-17-34-18-15-32/h1-13,16,19-20H,14-15,17-18H2,(H,29,31)/q+1. The van der Waals surface area contributed by atoms with Gasteiger partial charge in [0.2, 0.25) is 0 Å². The minimum absolute atomic E-state index is 0.139. The van der Waals surface area contributed by atoms with E-state index in [-0.39, 0.29) is 4.59 Å². The van der Waals surface area contributed by atoms with Gasteiger partial charge in [-0.1, -0.05) is 53.1 Å². The summed E-state index contributed by atoms with van der Waals surface area (Å²) in [6.45, 7) is 3.30. The topological polar surface area (TPSA) is 61.6 Å². The van der Waals surface area contributed by atoms with E-state index in [4.69, 9.17) is 14.8 Å². The van der Waals surface area contributed by atoms with Crippen molar-refractivity contribution >= 4 is 35.1 Å². The third-order valence-electron chi connectivity index (χ3n) is 6.22. The summed E-state index contributed by atoms with van der Waals surface area (Å²) in [6, 6.07) is 27.0. The number of amidine groups is 1. The lowest BCUT2D eigenvalue weighted by molar-refractivity contribution is 0.122. The van der Waals surface area contributed by atoms with E-state index in [0.717, 1.165) is 60.3 Å². The molecule has 168 valence electrons. The number of morpholine rings is 1. The molecular weight excluding hydrogens is 424 g/mol. The molecule has 3 aromatic rings. The number of ether oxygens (including phenoxy) is 1. The van der Waals surface area contributed by atoms with Crippen LogP contribution >= 0.6 is 0 Å². The molecule has 1 atom stereocenters. The first-order valence-corrected chi connectivity index (χ1v) is 11.5. The van der Waals surface area contributed by atoms with Gasteiger partial charge in [0.25, 0.3) is 11.8 Å². The number of anilines is 2. The maximum Gasteiger partial charge on any atom is 0.287 e. The Morgan fingerprint density at radius 2 is 1.71 bits per heavy atom. The lowest BCUT2D eigenvalue weighted by atomic mass is 10.0. The van der Waals surface area contributed by atoms with Crippen LogP contribution in [-0.4, -0.2) is 44.3 Å². The molecule has 0 saturated carbocycles. The van der Waals surface area contributed by atoms with Gasteiger partial charge in [-0.15, -0.1) is 0 Å². The van der Waals surface area contributed by atoms with E-state index in [1.165, 1.54) is 0 Å². The van der Waals surface area contributed by atoms with E-state index in [0.29, 0.717) is 5.96 Å². The summed E-state index contributed by atoms with van der Waals surface area (Å²) >= 11 is 0. The average molecular weight is 450 g/mol. The van der Waals surface area contributed by atoms with Crippen molar-refractivity contribution in [3.05, 3.63) is 91.3 Å². The Kier molecular flexibility index (Phi) is 5.25. The van der Waals surface area contributed by atoms with Gasteiger partial charge in [-0.05, 0) is 34.9 Å². The van der Waals surface area contributed by atoms with Crippen molar-refractivity contribution in [2.24, 2.45) is 15.1 Å². The van der Waals surface area contributed by atoms with Crippen LogP contribution in [0.3, 0.4) is 0 Å². The molecule has 0 amide bonds. The van der Waals surface area contributed by atoms with Crippen LogP contribution in [0.15, 0.2) is 106 Å². The van der Waals surface area contributed by atoms with Crippen molar-refractivity contribution in [3.8, 4) is 11.1 Å². The second-order valence-corrected chi connectivity index (χ2v) is 8.31. The maximum absolute atomic E-state index is 5.49. The molecule has 0 aromatic heterocycles. The van der Waals surface area contributed by atoms with E-state index < -0.39 is 0 Å². The maximum atomic E-state index is 5.49. The fourth-order valence-electron chi connectivity index (χ4n) is 4.55. The summed E-state index contributed by atoms with van der Waals surface area (Å²) in [5.74, 6) is 1.30. The van der Waals surface area contributed by atoms with Crippen LogP contribution in [0.25, 0.3) is 11.1 Å². The quantitative estimate of drug-likeness (QED) is 0.580. The van der Waals surface area contributed by atoms with Gasteiger partial charge < -0.3 is 15.0 Å². The molecule has 1 unspecified atom stereocenters. The zero-order chi connectivity index (χ0) is 22.8. The van der Waals surface area contributed by atoms with E-state index in [2.05, 4.69) is 75.9 Å². The molecule has 3 aliphatic rings. The highest BCUT2D eigenvalue weighted by Gasteiger charge is 2.44. The van der Waals surface area contributed by atoms with Gasteiger partial charge in [-0.2, -0.15) is 4.99 Å². The predicted molar refractivity (Wildman–Crippen MR) is 139 cm³/mol. The van der Waals surface area contributed by atoms with Crippen molar-refractivity contribution in [3.63, 3.8) is 0 Å². The van der Waals surface area contributed by atoms with Gasteiger partial charge in [0, 0.05) is 36.1 Å². The molecule has 7 nitrogen and oxygen atoms in total. The molecule has 1 fully saturated rings. The first kappa shape index (κ1) is 20.5. The Balaban J connectivity index is 1.36. The molecule has 1 saturated heterocycles. The van der Waals surface area contributed by atoms with Crippen LogP contribution in [0.5, 0.6) is 0 Å². The zero-order valence-electron chi connectivity index (χ0n) is 18.7. The Morgan fingerprint density at radius 3 is 2.59 bits per heavy atom. The lowest BCUT2D eigenvalue weighted by Gasteiger charge is -2.29. The van der Waals surface area contributed by atoms with Crippen LogP contribution in [-0.2, 0) is 4.74 Å². The van der Waals surface area contributed by atoms with Gasteiger partial charge in [-0.25, -0.2) is 0 Å². The molecule has 6 rings (SSSR count). The minimum Gasteiger partial charge on any atom is -0.378 e. The van der Waals surface area contributed by atoms with E-state index >= 15 is 0 Å². The summed E-state index contributed by atoms with van der Waals surface area (Å²) in [6.07, 6.45) is 5.54. The number of fused-ring (bicyclic) bond motifs is 1. The predicted octanol–water partition coefficient (Wildman–Crippen LogP) is 4.85. The molecule has 0 bridgehead atoms. The third kappa shape index (κ3) is 3.71. The van der Waals surface area contributed by atoms with Crippen molar-refractivity contribution in [2.75, 3.05) is 36.5 Å². The summed E-state index contributed by atoms with van der Waals surface area (Å²) < 4.78 is 5.63. The highest BCUT2D eigenvalue weighted by Crippen LogP contribution is 2.39. The summed E-state index contributed by atoms with van der Waals surface area (Å²) in [5.41, 5.74) is 5.37. The number of nitrogens with zero attached hydrogens (tertiary/aromatic N) is 5. The Hall–Kier alpha value is -4.07. The van der Waals surface area contributed by atoms with Crippen molar-refractivity contribution in [1.82, 2.24) is 4.59 Å². The van der Waals surface area contributed by atoms with Gasteiger partial charge >= 0.3 is 0 Å². The van der Waals surface area contributed by atoms with Crippen LogP contribution in [0.4, 0.5) is 17.1 Å². The number of quaternary nitrogens is 1. The van der Waals surface area contributed by atoms with Gasteiger partial charge in [0.1, 0.15) is 6.21 Å². The highest BCUT2D eigenvalue weighted by atomic mass is 16.5. The van der Waals surface area contributed by atoms with Crippen LogP contribution in [0, 0.1) is 0 Å². The summed E-state index contributed by atoms with van der Waals surface area (Å²) in [4.78, 5) is 11.5. The average Bonchev–Trinajstić information content (AvgIpc) is 3.29. The number of benzene rings is 3. The monoisotopic (exact) mass is 449 g/mol. The van der Waals surface area contributed by atoms with Gasteiger partial charge in [0.05, 0.1) is 19.4 Å². The van der Waals surface area contributed by atoms with Crippen LogP contribution in [0.1, 0.15) is 0 Å². The fourth-order valence-corrected chi connectivity index (χ4v) is 4.55. The normalized spacial score (nSPS) is 21.1. The SMILES string of the molecule is C1=C[N+]2(c3ccccc3-c3ccccc3)N=C(Nc3cccc(N4CCOCC4)c3)N=C2C=N1. The molecule has 0 spiro atoms. The number of nitrogens with one attached hydrogen (secondary N) is 1. The Morgan fingerprint density at radius 1 is 0.882 bits per heavy atom. The zero-order valence-corrected chi connectivity index (χ0v) is 18.7. The molecule has 0 radical (unpaired) electrons. The lowest BCUT2D eigenvalue weighted by Crippen LogP contribution is -2.44. The molecule has 1 N–H and O–H groups in total. The summed E-state index contributed by atoms with van der Waals surface area (Å²) in [7, 11) is 0. The van der Waals surface area contributed by atoms with Crippen molar-refractivity contribution in [2.45, 2.75) is 0 Å². The number of hydrogen-bond donors (Lipinski definition) is 1. The number of para-hydroxylation sites is 1. The van der Waals surface area contributed by atoms with Gasteiger partial charge in [-0.3, -0.25) is 4.99 Å². The fraction of sp³-hybridized carbons (Fsp3) is 0.148. The number of aliphatic imine (C=N–C) groups is 2. The van der Waals surface area contributed by atoms with Crippen molar-refractivity contribution in [1.29, 1.82) is 0 Å². The second-order valence-electron chi connectivity index (χ2n) is 8.31. The minimum atomic E-state index is 0.139. The second kappa shape index (κ2) is 8.70. The molecule has 7 heteroatoms.